The molecule has 27 heavy (non-hydrogen) atoms. The molecule has 0 bridgehead atoms. The summed E-state index contributed by atoms with van der Waals surface area (Å²) in [7, 11) is 0. The largest absolute Gasteiger partial charge is 0.303 e. The maximum Gasteiger partial charge on any atom is 0.268 e. The lowest BCUT2D eigenvalue weighted by molar-refractivity contribution is 0.103. The summed E-state index contributed by atoms with van der Waals surface area (Å²) < 4.78 is 2.61. The van der Waals surface area contributed by atoms with Crippen LogP contribution in [0.25, 0.3) is 10.1 Å². The highest BCUT2D eigenvalue weighted by Gasteiger charge is 2.19. The van der Waals surface area contributed by atoms with Crippen molar-refractivity contribution >= 4 is 68.0 Å². The Hall–Kier alpha value is -2.05. The van der Waals surface area contributed by atoms with Crippen LogP contribution in [0.3, 0.4) is 0 Å². The molecule has 2 aromatic heterocycles. The molecule has 0 aliphatic heterocycles. The molecule has 0 aliphatic rings. The quantitative estimate of drug-likeness (QED) is 0.404. The van der Waals surface area contributed by atoms with Crippen LogP contribution in [-0.2, 0) is 6.54 Å². The lowest BCUT2D eigenvalue weighted by Gasteiger charge is -2.03. The number of benzene rings is 2. The van der Waals surface area contributed by atoms with E-state index in [0.29, 0.717) is 32.3 Å². The van der Waals surface area contributed by atoms with Crippen molar-refractivity contribution in [3.63, 3.8) is 0 Å². The van der Waals surface area contributed by atoms with Crippen molar-refractivity contribution in [1.82, 2.24) is 9.78 Å². The minimum absolute atomic E-state index is 0.296. The first-order valence-corrected chi connectivity index (χ1v) is 9.92. The fourth-order valence-corrected chi connectivity index (χ4v) is 4.40. The maximum absolute atomic E-state index is 12.7. The van der Waals surface area contributed by atoms with E-state index in [0.717, 1.165) is 15.6 Å². The molecule has 0 aliphatic carbocycles. The number of carbonyl (C=O) groups is 1. The summed E-state index contributed by atoms with van der Waals surface area (Å²) in [6.07, 6.45) is 1.66. The number of rotatable bonds is 4. The number of nitrogens with one attached hydrogen (secondary N) is 1. The van der Waals surface area contributed by atoms with Crippen LogP contribution in [0.4, 0.5) is 5.82 Å². The van der Waals surface area contributed by atoms with E-state index >= 15 is 0 Å². The van der Waals surface area contributed by atoms with Crippen LogP contribution in [0.15, 0.2) is 54.7 Å². The highest BCUT2D eigenvalue weighted by molar-refractivity contribution is 7.21. The van der Waals surface area contributed by atoms with Gasteiger partial charge in [-0.3, -0.25) is 9.48 Å². The number of thiophene rings is 1. The summed E-state index contributed by atoms with van der Waals surface area (Å²) in [5.41, 5.74) is 1.02. The predicted molar refractivity (Wildman–Crippen MR) is 113 cm³/mol. The molecule has 0 fully saturated rings. The summed E-state index contributed by atoms with van der Waals surface area (Å²) in [6.45, 7) is 0.510. The minimum Gasteiger partial charge on any atom is -0.303 e. The second-order valence-corrected chi connectivity index (χ2v) is 8.12. The van der Waals surface area contributed by atoms with Crippen molar-refractivity contribution in [3.8, 4) is 0 Å². The van der Waals surface area contributed by atoms with Gasteiger partial charge in [-0.15, -0.1) is 11.3 Å². The zero-order valence-electron chi connectivity index (χ0n) is 13.7. The van der Waals surface area contributed by atoms with Crippen LogP contribution in [0.1, 0.15) is 15.2 Å². The minimum atomic E-state index is -0.333. The maximum atomic E-state index is 12.7. The molecule has 8 heteroatoms. The lowest BCUT2D eigenvalue weighted by atomic mass is 10.2. The predicted octanol–water partition coefficient (Wildman–Crippen LogP) is 6.36. The number of hydrogen-bond donors (Lipinski definition) is 1. The zero-order valence-corrected chi connectivity index (χ0v) is 16.8. The first-order valence-electron chi connectivity index (χ1n) is 7.97. The van der Waals surface area contributed by atoms with Crippen LogP contribution in [0.2, 0.25) is 15.1 Å². The molecule has 0 radical (unpaired) electrons. The molecule has 2 aromatic carbocycles. The fraction of sp³-hybridized carbons (Fsp3) is 0.0526. The average Bonchev–Trinajstić information content (AvgIpc) is 3.17. The molecule has 0 atom stereocenters. The topological polar surface area (TPSA) is 46.9 Å². The van der Waals surface area contributed by atoms with Crippen molar-refractivity contribution in [2.45, 2.75) is 6.54 Å². The molecular weight excluding hydrogens is 425 g/mol. The normalized spacial score (nSPS) is 11.1. The second kappa shape index (κ2) is 7.52. The van der Waals surface area contributed by atoms with Crippen LogP contribution in [0, 0.1) is 0 Å². The van der Waals surface area contributed by atoms with E-state index in [1.807, 2.05) is 48.5 Å². The number of nitrogens with zero attached hydrogens (tertiary/aromatic N) is 2. The molecule has 1 N–H and O–H groups in total. The molecule has 0 unspecified atom stereocenters. The Labute approximate surface area is 174 Å². The summed E-state index contributed by atoms with van der Waals surface area (Å²) >= 11 is 19.8. The standard InChI is InChI=1S/C19H12Cl3N3OS/c20-12-7-5-11(6-8-12)9-25-10-14(21)18(24-25)23-19(26)17-16(22)13-3-1-2-4-15(13)27-17/h1-8,10H,9H2,(H,23,24,26). The number of hydrogen-bond acceptors (Lipinski definition) is 3. The third kappa shape index (κ3) is 3.82. The number of halogens is 3. The van der Waals surface area contributed by atoms with Crippen LogP contribution in [0.5, 0.6) is 0 Å². The van der Waals surface area contributed by atoms with Gasteiger partial charge in [-0.05, 0) is 23.8 Å². The highest BCUT2D eigenvalue weighted by atomic mass is 35.5. The van der Waals surface area contributed by atoms with Gasteiger partial charge < -0.3 is 5.32 Å². The van der Waals surface area contributed by atoms with Crippen molar-refractivity contribution in [2.75, 3.05) is 5.32 Å². The number of aromatic nitrogens is 2. The summed E-state index contributed by atoms with van der Waals surface area (Å²) in [6, 6.07) is 15.1. The molecule has 0 saturated heterocycles. The van der Waals surface area contributed by atoms with Gasteiger partial charge in [0.2, 0.25) is 0 Å². The van der Waals surface area contributed by atoms with Crippen molar-refractivity contribution < 1.29 is 4.79 Å². The van der Waals surface area contributed by atoms with Crippen LogP contribution < -0.4 is 5.32 Å². The van der Waals surface area contributed by atoms with Gasteiger partial charge in [0.15, 0.2) is 5.82 Å². The molecule has 4 aromatic rings. The van der Waals surface area contributed by atoms with Gasteiger partial charge in [-0.1, -0.05) is 65.1 Å². The molecule has 4 nitrogen and oxygen atoms in total. The summed E-state index contributed by atoms with van der Waals surface area (Å²) in [4.78, 5) is 13.1. The Morgan fingerprint density at radius 3 is 2.56 bits per heavy atom. The van der Waals surface area contributed by atoms with Crippen molar-refractivity contribution in [1.29, 1.82) is 0 Å². The molecule has 1 amide bonds. The van der Waals surface area contributed by atoms with Gasteiger partial charge in [0.05, 0.1) is 11.6 Å². The first kappa shape index (κ1) is 18.3. The first-order chi connectivity index (χ1) is 13.0. The zero-order chi connectivity index (χ0) is 19.0. The Kier molecular flexibility index (Phi) is 5.10. The van der Waals surface area contributed by atoms with Crippen LogP contribution in [-0.4, -0.2) is 15.7 Å². The number of amides is 1. The van der Waals surface area contributed by atoms with Gasteiger partial charge >= 0.3 is 0 Å². The van der Waals surface area contributed by atoms with Gasteiger partial charge in [-0.2, -0.15) is 5.10 Å². The van der Waals surface area contributed by atoms with Crippen molar-refractivity contribution in [2.24, 2.45) is 0 Å². The van der Waals surface area contributed by atoms with Gasteiger partial charge in [0.25, 0.3) is 5.91 Å². The molecule has 0 spiro atoms. The van der Waals surface area contributed by atoms with E-state index in [-0.39, 0.29) is 5.91 Å². The number of carbonyl (C=O) groups excluding carboxylic acids is 1. The van der Waals surface area contributed by atoms with E-state index in [1.54, 1.807) is 10.9 Å². The Morgan fingerprint density at radius 2 is 1.81 bits per heavy atom. The fourth-order valence-electron chi connectivity index (χ4n) is 2.66. The summed E-state index contributed by atoms with van der Waals surface area (Å²) in [5.74, 6) is -0.0380. The summed E-state index contributed by atoms with van der Waals surface area (Å²) in [5, 5.41) is 9.42. The van der Waals surface area contributed by atoms with Gasteiger partial charge in [-0.25, -0.2) is 0 Å². The van der Waals surface area contributed by atoms with Gasteiger partial charge in [0, 0.05) is 21.3 Å². The van der Waals surface area contributed by atoms with E-state index in [4.69, 9.17) is 34.8 Å². The molecule has 0 saturated carbocycles. The average molecular weight is 437 g/mol. The Bertz CT molecular complexity index is 1140. The highest BCUT2D eigenvalue weighted by Crippen LogP contribution is 2.35. The van der Waals surface area contributed by atoms with E-state index in [9.17, 15) is 4.79 Å². The van der Waals surface area contributed by atoms with E-state index in [1.165, 1.54) is 11.3 Å². The van der Waals surface area contributed by atoms with Crippen molar-refractivity contribution in [3.05, 3.63) is 80.2 Å². The molecule has 2 heterocycles. The Morgan fingerprint density at radius 1 is 1.07 bits per heavy atom. The van der Waals surface area contributed by atoms with E-state index in [2.05, 4.69) is 10.4 Å². The smallest absolute Gasteiger partial charge is 0.268 e. The van der Waals surface area contributed by atoms with E-state index < -0.39 is 0 Å². The third-order valence-electron chi connectivity index (χ3n) is 3.95. The molecular formula is C19H12Cl3N3OS. The molecule has 4 rings (SSSR count). The monoisotopic (exact) mass is 435 g/mol. The SMILES string of the molecule is O=C(Nc1nn(Cc2ccc(Cl)cc2)cc1Cl)c1sc2ccccc2c1Cl. The lowest BCUT2D eigenvalue weighted by Crippen LogP contribution is -2.12. The van der Waals surface area contributed by atoms with Gasteiger partial charge in [0.1, 0.15) is 9.90 Å². The van der Waals surface area contributed by atoms with Crippen LogP contribution >= 0.6 is 46.1 Å². The third-order valence-corrected chi connectivity index (χ3v) is 6.15. The number of fused-ring (bicyclic) bond motifs is 1. The Balaban J connectivity index is 1.55. The number of anilines is 1. The molecule has 136 valence electrons. The second-order valence-electron chi connectivity index (χ2n) is 5.85.